The Kier molecular flexibility index (Phi) is 6.61. The van der Waals surface area contributed by atoms with Crippen LogP contribution in [0.4, 0.5) is 0 Å². The second-order valence-electron chi connectivity index (χ2n) is 6.75. The molecule has 0 unspecified atom stereocenters. The Morgan fingerprint density at radius 3 is 2.36 bits per heavy atom. The number of ether oxygens (including phenoxy) is 1. The van der Waals surface area contributed by atoms with Gasteiger partial charge in [0.25, 0.3) is 5.91 Å². The highest BCUT2D eigenvalue weighted by molar-refractivity contribution is 7.14. The zero-order valence-electron chi connectivity index (χ0n) is 16.0. The highest BCUT2D eigenvalue weighted by Crippen LogP contribution is 2.20. The van der Waals surface area contributed by atoms with Crippen molar-refractivity contribution >= 4 is 23.0 Å². The van der Waals surface area contributed by atoms with Crippen LogP contribution < -0.4 is 10.1 Å². The lowest BCUT2D eigenvalue weighted by atomic mass is 10.0. The molecule has 0 bridgehead atoms. The molecule has 3 rings (SSSR count). The second kappa shape index (κ2) is 9.33. The first-order chi connectivity index (χ1) is 13.5. The fourth-order valence-corrected chi connectivity index (χ4v) is 3.57. The molecule has 0 atom stereocenters. The quantitative estimate of drug-likeness (QED) is 0.560. The summed E-state index contributed by atoms with van der Waals surface area (Å²) in [5.41, 5.74) is 1.90. The number of hydrogen-bond donors (Lipinski definition) is 1. The minimum Gasteiger partial charge on any atom is -0.484 e. The third-order valence-corrected chi connectivity index (χ3v) is 5.38. The summed E-state index contributed by atoms with van der Waals surface area (Å²) < 4.78 is 5.53. The zero-order valence-corrected chi connectivity index (χ0v) is 16.8. The third-order valence-electron chi connectivity index (χ3n) is 4.30. The Morgan fingerprint density at radius 2 is 1.68 bits per heavy atom. The second-order valence-corrected chi connectivity index (χ2v) is 7.92. The maximum atomic E-state index is 12.4. The Balaban J connectivity index is 1.47. The summed E-state index contributed by atoms with van der Waals surface area (Å²) in [4.78, 5) is 26.0. The van der Waals surface area contributed by atoms with Gasteiger partial charge in [-0.3, -0.25) is 9.59 Å². The Hall–Kier alpha value is -2.92. The van der Waals surface area contributed by atoms with Crippen molar-refractivity contribution in [3.63, 3.8) is 0 Å². The van der Waals surface area contributed by atoms with Crippen molar-refractivity contribution in [2.75, 3.05) is 6.61 Å². The van der Waals surface area contributed by atoms with E-state index < -0.39 is 0 Å². The molecule has 0 aliphatic rings. The van der Waals surface area contributed by atoms with E-state index in [1.54, 1.807) is 18.2 Å². The predicted octanol–water partition coefficient (Wildman–Crippen LogP) is 4.80. The number of thiophene rings is 1. The molecule has 0 aliphatic carbocycles. The van der Waals surface area contributed by atoms with Gasteiger partial charge >= 0.3 is 0 Å². The van der Waals surface area contributed by atoms with Crippen LogP contribution in [-0.2, 0) is 11.3 Å². The van der Waals surface area contributed by atoms with Gasteiger partial charge in [-0.25, -0.2) is 0 Å². The molecule has 28 heavy (non-hydrogen) atoms. The Labute approximate surface area is 169 Å². The molecule has 0 radical (unpaired) electrons. The fraction of sp³-hybridized carbons (Fsp3) is 0.217. The van der Waals surface area contributed by atoms with Crippen molar-refractivity contribution in [3.8, 4) is 5.75 Å². The SMILES string of the molecule is CC(C)c1ccc(OCC(=O)NCc2ccc(C(=O)c3ccccc3)s2)cc1. The monoisotopic (exact) mass is 393 g/mol. The van der Waals surface area contributed by atoms with E-state index in [0.717, 1.165) is 4.88 Å². The number of amides is 1. The van der Waals surface area contributed by atoms with Gasteiger partial charge in [-0.1, -0.05) is 56.3 Å². The van der Waals surface area contributed by atoms with Gasteiger partial charge in [0.05, 0.1) is 11.4 Å². The largest absolute Gasteiger partial charge is 0.484 e. The molecule has 0 spiro atoms. The van der Waals surface area contributed by atoms with Crippen LogP contribution in [0.15, 0.2) is 66.7 Å². The summed E-state index contributed by atoms with van der Waals surface area (Å²) in [6.07, 6.45) is 0. The molecular weight excluding hydrogens is 370 g/mol. The highest BCUT2D eigenvalue weighted by Gasteiger charge is 2.12. The number of carbonyl (C=O) groups excluding carboxylic acids is 2. The first-order valence-corrected chi connectivity index (χ1v) is 10.0. The molecule has 0 saturated carbocycles. The van der Waals surface area contributed by atoms with Gasteiger partial charge < -0.3 is 10.1 Å². The Morgan fingerprint density at radius 1 is 0.964 bits per heavy atom. The minimum atomic E-state index is -0.197. The molecule has 144 valence electrons. The molecule has 1 N–H and O–H groups in total. The van der Waals surface area contributed by atoms with Crippen molar-refractivity contribution in [1.82, 2.24) is 5.32 Å². The molecule has 4 nitrogen and oxygen atoms in total. The average molecular weight is 394 g/mol. The average Bonchev–Trinajstić information content (AvgIpc) is 3.20. The van der Waals surface area contributed by atoms with Crippen LogP contribution in [0.25, 0.3) is 0 Å². The van der Waals surface area contributed by atoms with Crippen LogP contribution in [0.2, 0.25) is 0 Å². The van der Waals surface area contributed by atoms with Gasteiger partial charge in [-0.2, -0.15) is 0 Å². The van der Waals surface area contributed by atoms with Crippen molar-refractivity contribution in [2.45, 2.75) is 26.3 Å². The van der Waals surface area contributed by atoms with Gasteiger partial charge in [0, 0.05) is 10.4 Å². The number of benzene rings is 2. The van der Waals surface area contributed by atoms with E-state index in [4.69, 9.17) is 4.74 Å². The highest BCUT2D eigenvalue weighted by atomic mass is 32.1. The molecule has 0 fully saturated rings. The molecule has 0 saturated heterocycles. The van der Waals surface area contributed by atoms with Crippen LogP contribution >= 0.6 is 11.3 Å². The van der Waals surface area contributed by atoms with Crippen LogP contribution in [0.1, 0.15) is 45.4 Å². The number of rotatable bonds is 8. The molecule has 3 aromatic rings. The summed E-state index contributed by atoms with van der Waals surface area (Å²) >= 11 is 1.39. The van der Waals surface area contributed by atoms with Crippen molar-refractivity contribution in [3.05, 3.63) is 87.6 Å². The van der Waals surface area contributed by atoms with Gasteiger partial charge in [-0.15, -0.1) is 11.3 Å². The lowest BCUT2D eigenvalue weighted by Crippen LogP contribution is -2.28. The van der Waals surface area contributed by atoms with Gasteiger partial charge in [0.2, 0.25) is 5.78 Å². The lowest BCUT2D eigenvalue weighted by Gasteiger charge is -2.09. The minimum absolute atomic E-state index is 0.00338. The zero-order chi connectivity index (χ0) is 19.9. The summed E-state index contributed by atoms with van der Waals surface area (Å²) in [5.74, 6) is 0.932. The van der Waals surface area contributed by atoms with Crippen LogP contribution in [-0.4, -0.2) is 18.3 Å². The van der Waals surface area contributed by atoms with E-state index in [1.807, 2.05) is 48.5 Å². The van der Waals surface area contributed by atoms with E-state index in [1.165, 1.54) is 16.9 Å². The molecule has 1 aromatic heterocycles. The number of carbonyl (C=O) groups is 2. The summed E-state index contributed by atoms with van der Waals surface area (Å²) in [6.45, 7) is 4.60. The van der Waals surface area contributed by atoms with Crippen LogP contribution in [0.5, 0.6) is 5.75 Å². The van der Waals surface area contributed by atoms with Gasteiger partial charge in [0.15, 0.2) is 6.61 Å². The van der Waals surface area contributed by atoms with Crippen LogP contribution in [0, 0.1) is 0 Å². The number of ketones is 1. The molecule has 1 amide bonds. The number of hydrogen-bond acceptors (Lipinski definition) is 4. The third kappa shape index (κ3) is 5.30. The normalized spacial score (nSPS) is 10.7. The Bertz CT molecular complexity index is 930. The lowest BCUT2D eigenvalue weighted by molar-refractivity contribution is -0.123. The van der Waals surface area contributed by atoms with E-state index >= 15 is 0 Å². The van der Waals surface area contributed by atoms with E-state index in [2.05, 4.69) is 19.2 Å². The van der Waals surface area contributed by atoms with Crippen molar-refractivity contribution in [1.29, 1.82) is 0 Å². The summed E-state index contributed by atoms with van der Waals surface area (Å²) in [5, 5.41) is 2.83. The summed E-state index contributed by atoms with van der Waals surface area (Å²) in [6, 6.07) is 20.6. The van der Waals surface area contributed by atoms with Gasteiger partial charge in [0.1, 0.15) is 5.75 Å². The molecule has 1 heterocycles. The van der Waals surface area contributed by atoms with Crippen molar-refractivity contribution < 1.29 is 14.3 Å². The first kappa shape index (κ1) is 19.8. The van der Waals surface area contributed by atoms with E-state index in [0.29, 0.717) is 28.7 Å². The maximum absolute atomic E-state index is 12.4. The standard InChI is InChI=1S/C23H23NO3S/c1-16(2)17-8-10-19(11-9-17)27-15-22(25)24-14-20-12-13-21(28-20)23(26)18-6-4-3-5-7-18/h3-13,16H,14-15H2,1-2H3,(H,24,25). The molecular formula is C23H23NO3S. The topological polar surface area (TPSA) is 55.4 Å². The smallest absolute Gasteiger partial charge is 0.258 e. The summed E-state index contributed by atoms with van der Waals surface area (Å²) in [7, 11) is 0. The predicted molar refractivity (Wildman–Crippen MR) is 112 cm³/mol. The molecule has 5 heteroatoms. The van der Waals surface area contributed by atoms with Crippen LogP contribution in [0.3, 0.4) is 0 Å². The van der Waals surface area contributed by atoms with E-state index in [9.17, 15) is 9.59 Å². The van der Waals surface area contributed by atoms with Gasteiger partial charge in [-0.05, 0) is 35.7 Å². The maximum Gasteiger partial charge on any atom is 0.258 e. The first-order valence-electron chi connectivity index (χ1n) is 9.21. The number of nitrogens with one attached hydrogen (secondary N) is 1. The van der Waals surface area contributed by atoms with E-state index in [-0.39, 0.29) is 18.3 Å². The molecule has 0 aliphatic heterocycles. The fourth-order valence-electron chi connectivity index (χ4n) is 2.66. The molecule has 2 aromatic carbocycles. The van der Waals surface area contributed by atoms with Crippen molar-refractivity contribution in [2.24, 2.45) is 0 Å².